The largest absolute Gasteiger partial charge is 0.388 e. The zero-order chi connectivity index (χ0) is 19.0. The monoisotopic (exact) mass is 372 g/mol. The lowest BCUT2D eigenvalue weighted by Crippen LogP contribution is -2.12. The Labute approximate surface area is 165 Å². The molecule has 4 rings (SSSR count). The molecule has 136 valence electrons. The second-order valence-electron chi connectivity index (χ2n) is 7.46. The minimum atomic E-state index is -0.00944. The second kappa shape index (κ2) is 7.21. The number of nitrogens with zero attached hydrogens (tertiary/aromatic N) is 1. The van der Waals surface area contributed by atoms with E-state index in [1.165, 1.54) is 34.2 Å². The quantitative estimate of drug-likeness (QED) is 0.334. The van der Waals surface area contributed by atoms with E-state index in [4.69, 9.17) is 17.1 Å². The van der Waals surface area contributed by atoms with Crippen LogP contribution in [0.1, 0.15) is 66.1 Å². The molecule has 0 amide bonds. The van der Waals surface area contributed by atoms with Gasteiger partial charge >= 0.3 is 0 Å². The number of thiophene rings is 1. The van der Waals surface area contributed by atoms with E-state index in [1.54, 1.807) is 11.3 Å². The van der Waals surface area contributed by atoms with Gasteiger partial charge in [-0.25, -0.2) is 0 Å². The summed E-state index contributed by atoms with van der Waals surface area (Å²) in [4.78, 5) is 6.00. The molecule has 0 radical (unpaired) electrons. The lowest BCUT2D eigenvalue weighted by atomic mass is 9.91. The fraction of sp³-hybridized carbons (Fsp3) is 0.292. The van der Waals surface area contributed by atoms with Gasteiger partial charge in [0, 0.05) is 16.4 Å². The van der Waals surface area contributed by atoms with Crippen molar-refractivity contribution in [1.82, 2.24) is 0 Å². The van der Waals surface area contributed by atoms with E-state index in [-0.39, 0.29) is 12.0 Å². The first-order chi connectivity index (χ1) is 13.1. The molecule has 1 aliphatic carbocycles. The van der Waals surface area contributed by atoms with E-state index in [9.17, 15) is 0 Å². The predicted molar refractivity (Wildman–Crippen MR) is 117 cm³/mol. The minimum absolute atomic E-state index is 0.00944. The molecule has 1 fully saturated rings. The Morgan fingerprint density at radius 3 is 2.59 bits per heavy atom. The molecule has 1 heterocycles. The van der Waals surface area contributed by atoms with Gasteiger partial charge in [0.1, 0.15) is 0 Å². The average molecular weight is 373 g/mol. The summed E-state index contributed by atoms with van der Waals surface area (Å²) in [5, 5.41) is 1.18. The Balaban J connectivity index is 1.72. The van der Waals surface area contributed by atoms with E-state index < -0.39 is 0 Å². The molecule has 3 aromatic rings. The van der Waals surface area contributed by atoms with Crippen molar-refractivity contribution >= 4 is 27.3 Å². The van der Waals surface area contributed by atoms with Crippen LogP contribution < -0.4 is 5.73 Å². The number of amidine groups is 1. The van der Waals surface area contributed by atoms with Crippen molar-refractivity contribution in [2.45, 2.75) is 44.6 Å². The van der Waals surface area contributed by atoms with Crippen molar-refractivity contribution in [3.8, 4) is 12.3 Å². The molecule has 0 spiro atoms. The van der Waals surface area contributed by atoms with E-state index in [0.29, 0.717) is 5.84 Å². The highest BCUT2D eigenvalue weighted by molar-refractivity contribution is 7.19. The van der Waals surface area contributed by atoms with Crippen molar-refractivity contribution in [2.75, 3.05) is 0 Å². The fourth-order valence-electron chi connectivity index (χ4n) is 3.65. The van der Waals surface area contributed by atoms with Gasteiger partial charge in [-0.05, 0) is 54.3 Å². The van der Waals surface area contributed by atoms with E-state index >= 15 is 0 Å². The van der Waals surface area contributed by atoms with Gasteiger partial charge in [0.2, 0.25) is 0 Å². The molecule has 3 heteroatoms. The number of fused-ring (bicyclic) bond motifs is 1. The normalized spacial score (nSPS) is 16.9. The first-order valence-corrected chi connectivity index (χ1v) is 10.3. The van der Waals surface area contributed by atoms with Crippen LogP contribution in [0, 0.1) is 12.3 Å². The molecular weight excluding hydrogens is 348 g/mol. The van der Waals surface area contributed by atoms with Crippen molar-refractivity contribution in [1.29, 1.82) is 0 Å². The van der Waals surface area contributed by atoms with Gasteiger partial charge in [0.15, 0.2) is 0 Å². The molecule has 1 aromatic heterocycles. The highest BCUT2D eigenvalue weighted by Crippen LogP contribution is 2.43. The second-order valence-corrected chi connectivity index (χ2v) is 8.55. The van der Waals surface area contributed by atoms with Gasteiger partial charge in [0.25, 0.3) is 0 Å². The lowest BCUT2D eigenvalue weighted by molar-refractivity contribution is 0.609. The summed E-state index contributed by atoms with van der Waals surface area (Å²) < 4.78 is 1.15. The highest BCUT2D eigenvalue weighted by Gasteiger charge is 2.25. The standard InChI is InChI=1S/C24H24N2S/c1-4-17-6-5-7-21-14-22(27-24(17)21)23(26-16(3)25)15(2)18-8-10-19(11-9-18)20-12-13-20/h1,5-11,14-15,20,23H,12-13H2,2-3H3,(H2,25,26)/t15-,23?/m1/s1. The van der Waals surface area contributed by atoms with Gasteiger partial charge in [-0.1, -0.05) is 49.2 Å². The van der Waals surface area contributed by atoms with Crippen LogP contribution in [0.15, 0.2) is 53.5 Å². The third-order valence-electron chi connectivity index (χ3n) is 5.34. The van der Waals surface area contributed by atoms with Crippen LogP contribution in [0.4, 0.5) is 0 Å². The zero-order valence-corrected chi connectivity index (χ0v) is 16.6. The number of terminal acetylenes is 1. The van der Waals surface area contributed by atoms with Crippen LogP contribution in [0.3, 0.4) is 0 Å². The Morgan fingerprint density at radius 1 is 1.22 bits per heavy atom. The van der Waals surface area contributed by atoms with Crippen LogP contribution >= 0.6 is 11.3 Å². The zero-order valence-electron chi connectivity index (χ0n) is 15.8. The lowest BCUT2D eigenvalue weighted by Gasteiger charge is -2.20. The first-order valence-electron chi connectivity index (χ1n) is 9.45. The minimum Gasteiger partial charge on any atom is -0.388 e. The summed E-state index contributed by atoms with van der Waals surface area (Å²) in [5.74, 6) is 4.42. The number of benzene rings is 2. The van der Waals surface area contributed by atoms with E-state index in [0.717, 1.165) is 16.2 Å². The average Bonchev–Trinajstić information content (AvgIpc) is 3.43. The molecule has 27 heavy (non-hydrogen) atoms. The fourth-order valence-corrected chi connectivity index (χ4v) is 4.94. The number of hydrogen-bond acceptors (Lipinski definition) is 2. The van der Waals surface area contributed by atoms with Gasteiger partial charge in [-0.15, -0.1) is 17.8 Å². The molecule has 1 aliphatic rings. The third-order valence-corrected chi connectivity index (χ3v) is 6.59. The maximum atomic E-state index is 5.99. The number of rotatable bonds is 5. The maximum absolute atomic E-state index is 5.99. The number of hydrogen-bond donors (Lipinski definition) is 1. The molecule has 0 saturated heterocycles. The van der Waals surface area contributed by atoms with Gasteiger partial charge in [-0.3, -0.25) is 4.99 Å². The smallest absolute Gasteiger partial charge is 0.0926 e. The molecule has 2 nitrogen and oxygen atoms in total. The van der Waals surface area contributed by atoms with E-state index in [1.807, 2.05) is 19.1 Å². The van der Waals surface area contributed by atoms with Crippen molar-refractivity contribution < 1.29 is 0 Å². The predicted octanol–water partition coefficient (Wildman–Crippen LogP) is 5.98. The highest BCUT2D eigenvalue weighted by atomic mass is 32.1. The first kappa shape index (κ1) is 17.8. The summed E-state index contributed by atoms with van der Waals surface area (Å²) in [6.07, 6.45) is 8.34. The maximum Gasteiger partial charge on any atom is 0.0926 e. The Bertz CT molecular complexity index is 1030. The molecule has 1 saturated carbocycles. The van der Waals surface area contributed by atoms with Crippen LogP contribution in [-0.4, -0.2) is 5.84 Å². The Hall–Kier alpha value is -2.57. The molecule has 1 unspecified atom stereocenters. The summed E-state index contributed by atoms with van der Waals surface area (Å²) in [7, 11) is 0. The van der Waals surface area contributed by atoms with Gasteiger partial charge in [-0.2, -0.15) is 0 Å². The van der Waals surface area contributed by atoms with Crippen LogP contribution in [0.25, 0.3) is 10.1 Å². The van der Waals surface area contributed by atoms with Gasteiger partial charge < -0.3 is 5.73 Å². The van der Waals surface area contributed by atoms with Crippen molar-refractivity contribution in [3.63, 3.8) is 0 Å². The SMILES string of the molecule is C#Cc1cccc2cc(C(N=C(C)N)[C@H](C)c3ccc(C4CC4)cc3)sc12. The van der Waals surface area contributed by atoms with Crippen LogP contribution in [0.5, 0.6) is 0 Å². The number of aliphatic imine (C=N–C) groups is 1. The third kappa shape index (κ3) is 3.63. The molecular formula is C24H24N2S. The Kier molecular flexibility index (Phi) is 4.76. The molecule has 0 bridgehead atoms. The Morgan fingerprint density at radius 2 is 1.96 bits per heavy atom. The van der Waals surface area contributed by atoms with Crippen LogP contribution in [0.2, 0.25) is 0 Å². The number of nitrogens with two attached hydrogens (primary N) is 1. The summed E-state index contributed by atoms with van der Waals surface area (Å²) in [6.45, 7) is 4.09. The molecule has 2 atom stereocenters. The summed E-state index contributed by atoms with van der Waals surface area (Å²) in [5.41, 5.74) is 9.69. The topological polar surface area (TPSA) is 38.4 Å². The molecule has 2 N–H and O–H groups in total. The van der Waals surface area contributed by atoms with Crippen molar-refractivity contribution in [2.24, 2.45) is 10.7 Å². The van der Waals surface area contributed by atoms with E-state index in [2.05, 4.69) is 49.2 Å². The molecule has 2 aromatic carbocycles. The summed E-state index contributed by atoms with van der Waals surface area (Å²) in [6, 6.07) is 17.4. The van der Waals surface area contributed by atoms with Gasteiger partial charge in [0.05, 0.1) is 16.6 Å². The van der Waals surface area contributed by atoms with Crippen LogP contribution in [-0.2, 0) is 0 Å². The summed E-state index contributed by atoms with van der Waals surface area (Å²) >= 11 is 1.73. The molecule has 0 aliphatic heterocycles. The van der Waals surface area contributed by atoms with Crippen molar-refractivity contribution in [3.05, 3.63) is 70.1 Å².